The van der Waals surface area contributed by atoms with Crippen LogP contribution in [0.1, 0.15) is 10.4 Å². The molecule has 1 amide bonds. The number of rotatable bonds is 2. The second kappa shape index (κ2) is 4.73. The van der Waals surface area contributed by atoms with Crippen LogP contribution >= 0.6 is 0 Å². The molecular weight excluding hydrogens is 278 g/mol. The normalized spacial score (nSPS) is 11.1. The molecule has 0 saturated heterocycles. The summed E-state index contributed by atoms with van der Waals surface area (Å²) in [6.07, 6.45) is 0. The van der Waals surface area contributed by atoms with Crippen LogP contribution in [0.5, 0.6) is 0 Å². The number of hydrogen-bond donors (Lipinski definition) is 2. The Morgan fingerprint density at radius 3 is 2.86 bits per heavy atom. The second-order valence-electron chi connectivity index (χ2n) is 5.06. The molecule has 0 spiro atoms. The van der Waals surface area contributed by atoms with Gasteiger partial charge >= 0.3 is 0 Å². The van der Waals surface area contributed by atoms with Crippen LogP contribution in [-0.4, -0.2) is 23.2 Å². The van der Waals surface area contributed by atoms with Gasteiger partial charge in [0.1, 0.15) is 11.3 Å². The highest BCUT2D eigenvalue weighted by molar-refractivity contribution is 6.01. The van der Waals surface area contributed by atoms with Crippen molar-refractivity contribution >= 4 is 27.8 Å². The molecule has 0 aliphatic carbocycles. The van der Waals surface area contributed by atoms with Gasteiger partial charge in [0, 0.05) is 23.4 Å². The minimum Gasteiger partial charge on any atom is -0.454 e. The summed E-state index contributed by atoms with van der Waals surface area (Å²) in [6, 6.07) is 15.2. The highest BCUT2D eigenvalue weighted by atomic mass is 16.3. The van der Waals surface area contributed by atoms with E-state index in [1.54, 1.807) is 13.1 Å². The number of fused-ring (bicyclic) bond motifs is 2. The predicted octanol–water partition coefficient (Wildman–Crippen LogP) is 3.34. The maximum Gasteiger partial charge on any atom is 0.251 e. The van der Waals surface area contributed by atoms with E-state index in [0.717, 1.165) is 21.9 Å². The van der Waals surface area contributed by atoms with Crippen molar-refractivity contribution < 1.29 is 9.21 Å². The van der Waals surface area contributed by atoms with Crippen LogP contribution in [0.3, 0.4) is 0 Å². The summed E-state index contributed by atoms with van der Waals surface area (Å²) < 4.78 is 5.86. The minimum absolute atomic E-state index is 0.126. The fraction of sp³-hybridized carbons (Fsp3) is 0.0588. The molecule has 22 heavy (non-hydrogen) atoms. The zero-order valence-corrected chi connectivity index (χ0v) is 11.9. The van der Waals surface area contributed by atoms with E-state index >= 15 is 0 Å². The van der Waals surface area contributed by atoms with E-state index in [-0.39, 0.29) is 5.91 Å². The number of carbonyl (C=O) groups is 1. The molecule has 2 aromatic carbocycles. The first kappa shape index (κ1) is 12.6. The lowest BCUT2D eigenvalue weighted by Crippen LogP contribution is -2.17. The molecule has 0 aliphatic heterocycles. The Hall–Kier alpha value is -3.08. The first-order valence-electron chi connectivity index (χ1n) is 6.95. The van der Waals surface area contributed by atoms with Crippen molar-refractivity contribution in [1.82, 2.24) is 15.5 Å². The van der Waals surface area contributed by atoms with Crippen molar-refractivity contribution in [3.63, 3.8) is 0 Å². The molecule has 2 N–H and O–H groups in total. The number of nitrogens with zero attached hydrogens (tertiary/aromatic N) is 1. The molecule has 5 heteroatoms. The molecule has 4 aromatic rings. The summed E-state index contributed by atoms with van der Waals surface area (Å²) >= 11 is 0. The molecule has 5 nitrogen and oxygen atoms in total. The number of H-pyrrole nitrogens is 1. The Kier molecular flexibility index (Phi) is 2.72. The summed E-state index contributed by atoms with van der Waals surface area (Å²) in [6.45, 7) is 0. The molecule has 0 bridgehead atoms. The first-order valence-corrected chi connectivity index (χ1v) is 6.95. The van der Waals surface area contributed by atoms with Gasteiger partial charge in [-0.2, -0.15) is 5.10 Å². The molecule has 2 aromatic heterocycles. The van der Waals surface area contributed by atoms with E-state index in [1.807, 2.05) is 42.5 Å². The fourth-order valence-electron chi connectivity index (χ4n) is 2.59. The van der Waals surface area contributed by atoms with Gasteiger partial charge < -0.3 is 9.73 Å². The lowest BCUT2D eigenvalue weighted by atomic mass is 10.1. The van der Waals surface area contributed by atoms with E-state index in [0.29, 0.717) is 17.0 Å². The van der Waals surface area contributed by atoms with Crippen LogP contribution in [0.25, 0.3) is 33.3 Å². The molecule has 0 saturated carbocycles. The van der Waals surface area contributed by atoms with Gasteiger partial charge in [-0.15, -0.1) is 0 Å². The van der Waals surface area contributed by atoms with Crippen LogP contribution < -0.4 is 5.32 Å². The van der Waals surface area contributed by atoms with Crippen molar-refractivity contribution in [2.75, 3.05) is 7.05 Å². The Balaban J connectivity index is 1.92. The number of benzene rings is 2. The van der Waals surface area contributed by atoms with Gasteiger partial charge in [0.2, 0.25) is 0 Å². The van der Waals surface area contributed by atoms with Crippen LogP contribution in [0.4, 0.5) is 0 Å². The van der Waals surface area contributed by atoms with E-state index in [9.17, 15) is 4.79 Å². The van der Waals surface area contributed by atoms with Crippen molar-refractivity contribution in [1.29, 1.82) is 0 Å². The van der Waals surface area contributed by atoms with E-state index in [1.165, 1.54) is 0 Å². The SMILES string of the molecule is CNC(=O)c1ccc2[nH]nc(-c3cc4ccccc4o3)c2c1. The molecule has 0 aliphatic rings. The number of nitrogens with one attached hydrogen (secondary N) is 2. The first-order chi connectivity index (χ1) is 10.8. The van der Waals surface area contributed by atoms with E-state index in [2.05, 4.69) is 15.5 Å². The standard InChI is InChI=1S/C17H13N3O2/c1-18-17(21)11-6-7-13-12(8-11)16(20-19-13)15-9-10-4-2-3-5-14(10)22-15/h2-9H,1H3,(H,18,21)(H,19,20). The smallest absolute Gasteiger partial charge is 0.251 e. The average Bonchev–Trinajstić information content (AvgIpc) is 3.16. The molecule has 0 unspecified atom stereocenters. The van der Waals surface area contributed by atoms with Gasteiger partial charge in [-0.1, -0.05) is 18.2 Å². The maximum absolute atomic E-state index is 11.8. The van der Waals surface area contributed by atoms with E-state index in [4.69, 9.17) is 4.42 Å². The van der Waals surface area contributed by atoms with Gasteiger partial charge in [0.05, 0.1) is 5.52 Å². The Bertz CT molecular complexity index is 964. The highest BCUT2D eigenvalue weighted by Gasteiger charge is 2.14. The maximum atomic E-state index is 11.8. The second-order valence-corrected chi connectivity index (χ2v) is 5.06. The number of amides is 1. The quantitative estimate of drug-likeness (QED) is 0.595. The fourth-order valence-corrected chi connectivity index (χ4v) is 2.59. The molecule has 2 heterocycles. The van der Waals surface area contributed by atoms with E-state index < -0.39 is 0 Å². The molecule has 0 atom stereocenters. The lowest BCUT2D eigenvalue weighted by molar-refractivity contribution is 0.0963. The summed E-state index contributed by atoms with van der Waals surface area (Å²) in [4.78, 5) is 11.8. The number of hydrogen-bond acceptors (Lipinski definition) is 3. The third kappa shape index (κ3) is 1.87. The van der Waals surface area contributed by atoms with Crippen LogP contribution in [0.2, 0.25) is 0 Å². The third-order valence-electron chi connectivity index (χ3n) is 3.71. The molecule has 0 radical (unpaired) electrons. The zero-order chi connectivity index (χ0) is 15.1. The summed E-state index contributed by atoms with van der Waals surface area (Å²) in [5.74, 6) is 0.556. The highest BCUT2D eigenvalue weighted by Crippen LogP contribution is 2.31. The van der Waals surface area contributed by atoms with Crippen LogP contribution in [0.15, 0.2) is 52.9 Å². The zero-order valence-electron chi connectivity index (χ0n) is 11.9. The Morgan fingerprint density at radius 1 is 1.18 bits per heavy atom. The molecule has 108 valence electrons. The predicted molar refractivity (Wildman–Crippen MR) is 84.7 cm³/mol. The number of carbonyl (C=O) groups excluding carboxylic acids is 1. The third-order valence-corrected chi connectivity index (χ3v) is 3.71. The van der Waals surface area contributed by atoms with Crippen molar-refractivity contribution in [2.45, 2.75) is 0 Å². The number of furan rings is 1. The molecule has 0 fully saturated rings. The van der Waals surface area contributed by atoms with Gasteiger partial charge in [-0.05, 0) is 30.3 Å². The number of aromatic amines is 1. The van der Waals surface area contributed by atoms with Crippen LogP contribution in [-0.2, 0) is 0 Å². The Labute approximate surface area is 125 Å². The van der Waals surface area contributed by atoms with Crippen LogP contribution in [0, 0.1) is 0 Å². The van der Waals surface area contributed by atoms with Crippen molar-refractivity contribution in [3.05, 3.63) is 54.1 Å². The molecule has 4 rings (SSSR count). The number of para-hydroxylation sites is 1. The number of aromatic nitrogens is 2. The topological polar surface area (TPSA) is 70.9 Å². The monoisotopic (exact) mass is 291 g/mol. The van der Waals surface area contributed by atoms with Gasteiger partial charge in [0.25, 0.3) is 5.91 Å². The van der Waals surface area contributed by atoms with Gasteiger partial charge in [-0.3, -0.25) is 9.89 Å². The lowest BCUT2D eigenvalue weighted by Gasteiger charge is -1.99. The van der Waals surface area contributed by atoms with Crippen molar-refractivity contribution in [3.8, 4) is 11.5 Å². The van der Waals surface area contributed by atoms with Gasteiger partial charge in [-0.25, -0.2) is 0 Å². The summed E-state index contributed by atoms with van der Waals surface area (Å²) in [7, 11) is 1.61. The molecular formula is C17H13N3O2. The van der Waals surface area contributed by atoms with Gasteiger partial charge in [0.15, 0.2) is 5.76 Å². The minimum atomic E-state index is -0.126. The summed E-state index contributed by atoms with van der Waals surface area (Å²) in [5.41, 5.74) is 2.98. The average molecular weight is 291 g/mol. The largest absolute Gasteiger partial charge is 0.454 e. The summed E-state index contributed by atoms with van der Waals surface area (Å²) in [5, 5.41) is 11.8. The Morgan fingerprint density at radius 2 is 2.05 bits per heavy atom. The van der Waals surface area contributed by atoms with Crippen molar-refractivity contribution in [2.24, 2.45) is 0 Å².